The molecule has 30 nitrogen and oxygen atoms in total. The number of nitro groups is 1. The summed E-state index contributed by atoms with van der Waals surface area (Å²) in [6.07, 6.45) is 24.2. The molecule has 12 N–H and O–H groups in total. The Balaban J connectivity index is 0.000000170. The number of aliphatic hydroxyl groups is 5. The number of carbonyl (C=O) groups is 5. The number of aromatic nitrogens is 5. The van der Waals surface area contributed by atoms with Crippen LogP contribution in [0.4, 0.5) is 68.9 Å². The van der Waals surface area contributed by atoms with Gasteiger partial charge in [0, 0.05) is 143 Å². The Labute approximate surface area is 824 Å². The summed E-state index contributed by atoms with van der Waals surface area (Å²) in [4.78, 5) is 94.6. The number of nitrogens with zero attached hydrogens (tertiary/aromatic N) is 6. The predicted octanol–water partition coefficient (Wildman–Crippen LogP) is 21.3. The Morgan fingerprint density at radius 3 is 0.923 bits per heavy atom. The highest BCUT2D eigenvalue weighted by atomic mass is 35.5. The van der Waals surface area contributed by atoms with Crippen LogP contribution in [0.2, 0.25) is 5.02 Å². The number of hydrogen-bond donors (Lipinski definition) is 11. The molecule has 5 aromatic heterocycles. The summed E-state index contributed by atoms with van der Waals surface area (Å²) < 4.78 is 31.3. The number of hydrogen-bond acceptors (Lipinski definition) is 29. The maximum atomic E-state index is 12.9. The monoisotopic (exact) mass is 1920 g/mol. The Morgan fingerprint density at radius 1 is 0.324 bits per heavy atom. The molecule has 0 bridgehead atoms. The van der Waals surface area contributed by atoms with E-state index in [2.05, 4.69) is 51.5 Å². The molecule has 15 aromatic rings. The molecule has 0 aliphatic rings. The summed E-state index contributed by atoms with van der Waals surface area (Å²) in [5.41, 5.74) is 20.1. The summed E-state index contributed by atoms with van der Waals surface area (Å²) in [7, 11) is 8.96. The van der Waals surface area contributed by atoms with Crippen molar-refractivity contribution in [3.63, 3.8) is 0 Å². The standard InChI is InChI=1S/C25H26N2O6.C22H19N3O5.C22H20N2O3.C21H17ClN2O2.C21H19N3O2/c1-30-21-14-19(9-7-17(21)15-28)27-25-16(6-5-11-26-25)8-10-20(29)18-12-22(31-2)24(33-4)23(13-18)32-3;1-30-21-11-7-17(13-19(21)25(28)29)20(27)10-6-16-3-2-12-23-22(16)24-18-8-4-15(14-26)5-9-18;1-27-20-11-6-17(7-12-20)21(26)13-8-18-3-2-14-23-22(18)24-19-9-4-16(15-25)5-10-19;2*22-18-8-5-16(6-9-18)20(26)12-7-17-2-1-13-23-21(17)24-19-10-3-15(14-25)4-11-19/h5-14,28H,15H2,1-4H3,(H,26,27);2-13,26H,14H2,1H3,(H,23,24);2-14,25H,15H2,1H3,(H,23,24);1-13,25H,14H2,(H,23,24);1-13,25H,14,22H2,(H,23,24)/b10-8+;10-6+;13-8+;2*12-7+. The lowest BCUT2D eigenvalue weighted by atomic mass is 10.1. The van der Waals surface area contributed by atoms with E-state index in [1.54, 1.807) is 203 Å². The first-order chi connectivity index (χ1) is 69.0. The first kappa shape index (κ1) is 105. The number of nitrogens with one attached hydrogen (secondary N) is 5. The quantitative estimate of drug-likeness (QED) is 0.00566. The number of pyridine rings is 5. The molecule has 10 aromatic carbocycles. The minimum absolute atomic E-state index is 0.00463. The number of halogens is 1. The van der Waals surface area contributed by atoms with Crippen LogP contribution in [-0.2, 0) is 33.0 Å². The molecule has 0 saturated heterocycles. The van der Waals surface area contributed by atoms with E-state index in [-0.39, 0.29) is 79.0 Å². The van der Waals surface area contributed by atoms with E-state index >= 15 is 0 Å². The Morgan fingerprint density at radius 2 is 0.620 bits per heavy atom. The molecule has 0 atom stereocenters. The molecule has 0 saturated carbocycles. The van der Waals surface area contributed by atoms with Crippen LogP contribution in [0.25, 0.3) is 30.4 Å². The van der Waals surface area contributed by atoms with Gasteiger partial charge in [-0.25, -0.2) is 24.9 Å². The zero-order valence-corrected chi connectivity index (χ0v) is 78.7. The number of allylic oxidation sites excluding steroid dienone is 5. The Bertz CT molecular complexity index is 6770. The molecule has 720 valence electrons. The highest BCUT2D eigenvalue weighted by Crippen LogP contribution is 2.39. The minimum atomic E-state index is -0.593. The highest BCUT2D eigenvalue weighted by Gasteiger charge is 2.20. The maximum absolute atomic E-state index is 12.9. The predicted molar refractivity (Wildman–Crippen MR) is 554 cm³/mol. The number of nitrogens with two attached hydrogens (primary N) is 1. The van der Waals surface area contributed by atoms with Crippen molar-refractivity contribution >= 4 is 140 Å². The fourth-order valence-electron chi connectivity index (χ4n) is 13.2. The van der Waals surface area contributed by atoms with Gasteiger partial charge in [0.25, 0.3) is 0 Å². The molecule has 0 aliphatic carbocycles. The van der Waals surface area contributed by atoms with Gasteiger partial charge < -0.3 is 86.3 Å². The van der Waals surface area contributed by atoms with Gasteiger partial charge in [-0.3, -0.25) is 34.1 Å². The largest absolute Gasteiger partial charge is 0.497 e. The van der Waals surface area contributed by atoms with E-state index in [1.807, 2.05) is 133 Å². The molecule has 0 fully saturated rings. The number of ketones is 5. The molecule has 0 radical (unpaired) electrons. The van der Waals surface area contributed by atoms with Crippen LogP contribution in [0.5, 0.6) is 34.5 Å². The van der Waals surface area contributed by atoms with Gasteiger partial charge in [0.1, 0.15) is 40.6 Å². The van der Waals surface area contributed by atoms with Crippen molar-refractivity contribution in [1.29, 1.82) is 0 Å². The van der Waals surface area contributed by atoms with Crippen molar-refractivity contribution in [2.75, 3.05) is 75.0 Å². The third kappa shape index (κ3) is 31.1. The Kier molecular flexibility index (Phi) is 39.9. The number of carbonyl (C=O) groups excluding carboxylic acids is 5. The van der Waals surface area contributed by atoms with Crippen LogP contribution >= 0.6 is 11.6 Å². The normalized spacial score (nSPS) is 10.8. The second-order valence-electron chi connectivity index (χ2n) is 30.3. The molecule has 0 spiro atoms. The number of nitrogen functional groups attached to an aromatic ring is 1. The van der Waals surface area contributed by atoms with Crippen LogP contribution < -0.4 is 60.7 Å². The molecule has 0 aliphatic heterocycles. The van der Waals surface area contributed by atoms with E-state index in [1.165, 1.54) is 77.0 Å². The molecular weight excluding hydrogens is 1820 g/mol. The van der Waals surface area contributed by atoms with Gasteiger partial charge >= 0.3 is 5.69 Å². The topological polar surface area (TPSA) is 436 Å². The lowest BCUT2D eigenvalue weighted by Gasteiger charge is -2.13. The SMILES string of the molecule is COc1cc(Nc2ncccc2/C=C/C(=O)c2cc(OC)c(OC)c(OC)c2)ccc1CO.COc1ccc(C(=O)/C=C/c2cccnc2Nc2ccc(CO)cc2)cc1.COc1ccc(C(=O)/C=C/c2cccnc2Nc2ccc(CO)cc2)cc1[N+](=O)[O-].Nc1ccc(C(=O)/C=C/c2cccnc2Nc2ccc(CO)cc2)cc1.O=C(/C=C/c1cccnc1Nc1ccc(CO)cc1)c1ccc(Cl)cc1. The van der Waals surface area contributed by atoms with Gasteiger partial charge in [-0.15, -0.1) is 0 Å². The lowest BCUT2D eigenvalue weighted by Crippen LogP contribution is -2.01. The molecule has 0 unspecified atom stereocenters. The smallest absolute Gasteiger partial charge is 0.311 e. The zero-order valence-electron chi connectivity index (χ0n) is 77.9. The Hall–Kier alpha value is -17.9. The van der Waals surface area contributed by atoms with Gasteiger partial charge in [0.15, 0.2) is 46.2 Å². The zero-order chi connectivity index (χ0) is 101. The number of benzene rings is 10. The average Bonchev–Trinajstić information content (AvgIpc) is 0.811. The number of nitro benzene ring substituents is 1. The van der Waals surface area contributed by atoms with Crippen molar-refractivity contribution in [3.05, 3.63) is 439 Å². The molecule has 142 heavy (non-hydrogen) atoms. The summed E-state index contributed by atoms with van der Waals surface area (Å²) >= 11 is 5.85. The number of anilines is 11. The maximum Gasteiger partial charge on any atom is 0.311 e. The van der Waals surface area contributed by atoms with Gasteiger partial charge in [-0.05, 0) is 295 Å². The number of rotatable bonds is 37. The first-order valence-electron chi connectivity index (χ1n) is 43.7. The van der Waals surface area contributed by atoms with E-state index in [0.29, 0.717) is 107 Å². The second kappa shape index (κ2) is 54.1. The van der Waals surface area contributed by atoms with Crippen LogP contribution in [0.3, 0.4) is 0 Å². The van der Waals surface area contributed by atoms with Crippen molar-refractivity contribution < 1.29 is 82.8 Å². The molecule has 0 amide bonds. The van der Waals surface area contributed by atoms with Gasteiger partial charge in [-0.1, -0.05) is 66.2 Å². The van der Waals surface area contributed by atoms with Gasteiger partial charge in [0.05, 0.1) is 80.6 Å². The van der Waals surface area contributed by atoms with Crippen LogP contribution in [-0.4, -0.2) is 127 Å². The van der Waals surface area contributed by atoms with Crippen molar-refractivity contribution in [2.45, 2.75) is 33.0 Å². The summed E-state index contributed by atoms with van der Waals surface area (Å²) in [5.74, 6) is 4.68. The van der Waals surface area contributed by atoms with Crippen LogP contribution in [0.15, 0.2) is 340 Å². The highest BCUT2D eigenvalue weighted by molar-refractivity contribution is 6.30. The number of ether oxygens (including phenoxy) is 6. The van der Waals surface area contributed by atoms with Crippen LogP contribution in [0.1, 0.15) is 107 Å². The summed E-state index contributed by atoms with van der Waals surface area (Å²) in [5, 5.41) is 73.7. The van der Waals surface area contributed by atoms with E-state index < -0.39 is 4.92 Å². The van der Waals surface area contributed by atoms with Crippen LogP contribution in [0, 0.1) is 10.1 Å². The third-order valence-corrected chi connectivity index (χ3v) is 21.1. The summed E-state index contributed by atoms with van der Waals surface area (Å²) in [6, 6.07) is 80.9. The number of methoxy groups -OCH3 is 6. The van der Waals surface area contributed by atoms with E-state index in [9.17, 15) is 39.2 Å². The average molecular weight is 1930 g/mol. The fourth-order valence-corrected chi connectivity index (χ4v) is 13.4. The third-order valence-electron chi connectivity index (χ3n) is 20.9. The van der Waals surface area contributed by atoms with Gasteiger partial charge in [-0.2, -0.15) is 0 Å². The molecular formula is C111H101ClN12O18. The molecule has 5 heterocycles. The van der Waals surface area contributed by atoms with E-state index in [0.717, 1.165) is 67.4 Å². The fraction of sp³-hybridized carbons (Fsp3) is 0.0991. The van der Waals surface area contributed by atoms with Crippen molar-refractivity contribution in [1.82, 2.24) is 24.9 Å². The number of aliphatic hydroxyl groups excluding tert-OH is 5. The minimum Gasteiger partial charge on any atom is -0.497 e. The van der Waals surface area contributed by atoms with E-state index in [4.69, 9.17) is 66.2 Å². The van der Waals surface area contributed by atoms with Gasteiger partial charge in [0.2, 0.25) is 5.75 Å². The van der Waals surface area contributed by atoms with Crippen molar-refractivity contribution in [3.8, 4) is 34.5 Å². The lowest BCUT2D eigenvalue weighted by molar-refractivity contribution is -0.385. The molecule has 31 heteroatoms. The van der Waals surface area contributed by atoms with Crippen molar-refractivity contribution in [2.24, 2.45) is 0 Å². The molecule has 15 rings (SSSR count). The first-order valence-corrected chi connectivity index (χ1v) is 44.1. The summed E-state index contributed by atoms with van der Waals surface area (Å²) in [6.45, 7) is -0.144. The second-order valence-corrected chi connectivity index (χ2v) is 30.8.